The van der Waals surface area contributed by atoms with E-state index in [4.69, 9.17) is 32.7 Å². The Bertz CT molecular complexity index is 882. The minimum absolute atomic E-state index is 0.273. The molecule has 2 heterocycles. The van der Waals surface area contributed by atoms with Crippen LogP contribution in [0.1, 0.15) is 11.1 Å². The van der Waals surface area contributed by atoms with Crippen LogP contribution in [-0.2, 0) is 17.1 Å². The Balaban J connectivity index is 1.59. The van der Waals surface area contributed by atoms with Crippen molar-refractivity contribution in [1.29, 1.82) is 0 Å². The lowest BCUT2D eigenvalue weighted by atomic mass is 10.1. The van der Waals surface area contributed by atoms with E-state index in [1.165, 1.54) is 0 Å². The number of rotatable bonds is 3. The standard InChI is InChI=1S/C16H12Cl2N2O2S/c17-11-1-2-13-14(5-11)20-16(19-13)23-7-10-4-12(18)3-9-6-21-8-22-15(9)10/h1-5H,6-8H2,(H,19,20). The summed E-state index contributed by atoms with van der Waals surface area (Å²) in [6.07, 6.45) is 0. The first kappa shape index (κ1) is 15.1. The van der Waals surface area contributed by atoms with Gasteiger partial charge in [-0.3, -0.25) is 0 Å². The van der Waals surface area contributed by atoms with Gasteiger partial charge in [0, 0.05) is 26.9 Å². The molecule has 7 heteroatoms. The average molecular weight is 367 g/mol. The average Bonchev–Trinajstić information content (AvgIpc) is 2.94. The molecule has 0 radical (unpaired) electrons. The molecule has 1 aliphatic rings. The monoisotopic (exact) mass is 366 g/mol. The van der Waals surface area contributed by atoms with Crippen molar-refractivity contribution in [2.24, 2.45) is 0 Å². The fraction of sp³-hybridized carbons (Fsp3) is 0.188. The van der Waals surface area contributed by atoms with Crippen LogP contribution in [0.3, 0.4) is 0 Å². The Hall–Kier alpha value is -1.40. The number of hydrogen-bond donors (Lipinski definition) is 1. The Morgan fingerprint density at radius 3 is 3.00 bits per heavy atom. The number of halogens is 2. The van der Waals surface area contributed by atoms with Crippen LogP contribution in [0.2, 0.25) is 10.0 Å². The molecule has 4 rings (SSSR count). The summed E-state index contributed by atoms with van der Waals surface area (Å²) >= 11 is 13.8. The van der Waals surface area contributed by atoms with Crippen molar-refractivity contribution in [2.45, 2.75) is 17.5 Å². The highest BCUT2D eigenvalue weighted by molar-refractivity contribution is 7.98. The van der Waals surface area contributed by atoms with Crippen molar-refractivity contribution in [3.05, 3.63) is 51.5 Å². The number of aromatic nitrogens is 2. The van der Waals surface area contributed by atoms with Crippen LogP contribution < -0.4 is 4.74 Å². The zero-order valence-corrected chi connectivity index (χ0v) is 14.3. The predicted molar refractivity (Wildman–Crippen MR) is 92.4 cm³/mol. The lowest BCUT2D eigenvalue weighted by Gasteiger charge is -2.20. The molecule has 1 aromatic heterocycles. The van der Waals surface area contributed by atoms with Gasteiger partial charge >= 0.3 is 0 Å². The van der Waals surface area contributed by atoms with Gasteiger partial charge in [-0.05, 0) is 30.3 Å². The van der Waals surface area contributed by atoms with Crippen molar-refractivity contribution < 1.29 is 9.47 Å². The number of fused-ring (bicyclic) bond motifs is 2. The maximum absolute atomic E-state index is 6.19. The zero-order chi connectivity index (χ0) is 15.8. The van der Waals surface area contributed by atoms with Crippen LogP contribution in [-0.4, -0.2) is 16.8 Å². The molecule has 1 N–H and O–H groups in total. The third-order valence-corrected chi connectivity index (χ3v) is 4.91. The topological polar surface area (TPSA) is 47.1 Å². The van der Waals surface area contributed by atoms with Gasteiger partial charge in [0.1, 0.15) is 5.75 Å². The molecule has 1 aliphatic heterocycles. The number of hydrogen-bond acceptors (Lipinski definition) is 4. The second-order valence-corrected chi connectivity index (χ2v) is 6.99. The summed E-state index contributed by atoms with van der Waals surface area (Å²) in [5.74, 6) is 1.57. The first-order valence-corrected chi connectivity index (χ1v) is 8.73. The van der Waals surface area contributed by atoms with Gasteiger partial charge in [-0.2, -0.15) is 0 Å². The van der Waals surface area contributed by atoms with Gasteiger partial charge in [0.05, 0.1) is 17.6 Å². The normalized spacial score (nSPS) is 13.8. The van der Waals surface area contributed by atoms with Crippen molar-refractivity contribution in [1.82, 2.24) is 9.97 Å². The number of thioether (sulfide) groups is 1. The van der Waals surface area contributed by atoms with Crippen molar-refractivity contribution in [3.63, 3.8) is 0 Å². The van der Waals surface area contributed by atoms with Gasteiger partial charge < -0.3 is 14.5 Å². The fourth-order valence-corrected chi connectivity index (χ4v) is 3.82. The molecule has 23 heavy (non-hydrogen) atoms. The van der Waals surface area contributed by atoms with Crippen molar-refractivity contribution >= 4 is 46.0 Å². The minimum Gasteiger partial charge on any atom is -0.467 e. The fourth-order valence-electron chi connectivity index (χ4n) is 2.54. The summed E-state index contributed by atoms with van der Waals surface area (Å²) in [5.41, 5.74) is 3.85. The third kappa shape index (κ3) is 3.15. The van der Waals surface area contributed by atoms with Crippen LogP contribution >= 0.6 is 35.0 Å². The summed E-state index contributed by atoms with van der Waals surface area (Å²) in [5, 5.41) is 2.21. The highest BCUT2D eigenvalue weighted by Gasteiger charge is 2.17. The first-order valence-electron chi connectivity index (χ1n) is 6.99. The molecule has 118 valence electrons. The SMILES string of the molecule is Clc1cc2c(c(CSc3nc4ccc(Cl)cc4[nH]3)c1)OCOC2. The smallest absolute Gasteiger partial charge is 0.189 e. The number of ether oxygens (including phenoxy) is 2. The van der Waals surface area contributed by atoms with E-state index in [1.807, 2.05) is 30.3 Å². The summed E-state index contributed by atoms with van der Waals surface area (Å²) in [6.45, 7) is 0.798. The molecule has 0 spiro atoms. The molecule has 0 fully saturated rings. The van der Waals surface area contributed by atoms with Crippen LogP contribution in [0, 0.1) is 0 Å². The number of nitrogens with one attached hydrogen (secondary N) is 1. The molecule has 0 bridgehead atoms. The lowest BCUT2D eigenvalue weighted by molar-refractivity contribution is -0.0168. The number of nitrogens with zero attached hydrogens (tertiary/aromatic N) is 1. The van der Waals surface area contributed by atoms with E-state index in [-0.39, 0.29) is 6.79 Å². The number of imidazole rings is 1. The van der Waals surface area contributed by atoms with E-state index in [0.29, 0.717) is 22.4 Å². The molecule has 4 nitrogen and oxygen atoms in total. The molecule has 0 atom stereocenters. The maximum atomic E-state index is 6.19. The summed E-state index contributed by atoms with van der Waals surface area (Å²) in [4.78, 5) is 7.82. The maximum Gasteiger partial charge on any atom is 0.189 e. The molecule has 0 unspecified atom stereocenters. The highest BCUT2D eigenvalue weighted by Crippen LogP contribution is 2.35. The highest BCUT2D eigenvalue weighted by atomic mass is 35.5. The zero-order valence-electron chi connectivity index (χ0n) is 11.9. The Labute approximate surface area is 147 Å². The van der Waals surface area contributed by atoms with Crippen LogP contribution in [0.4, 0.5) is 0 Å². The van der Waals surface area contributed by atoms with Gasteiger partial charge in [0.15, 0.2) is 11.9 Å². The third-order valence-electron chi connectivity index (χ3n) is 3.54. The van der Waals surface area contributed by atoms with Crippen molar-refractivity contribution in [2.75, 3.05) is 6.79 Å². The molecule has 3 aromatic rings. The first-order chi connectivity index (χ1) is 11.2. The van der Waals surface area contributed by atoms with E-state index in [2.05, 4.69) is 9.97 Å². The molecular formula is C16H12Cl2N2O2S. The largest absolute Gasteiger partial charge is 0.467 e. The van der Waals surface area contributed by atoms with E-state index in [0.717, 1.165) is 33.1 Å². The second-order valence-electron chi connectivity index (χ2n) is 5.16. The Morgan fingerprint density at radius 2 is 2.09 bits per heavy atom. The minimum atomic E-state index is 0.273. The molecule has 0 saturated heterocycles. The predicted octanol–water partition coefficient (Wildman–Crippen LogP) is 5.03. The van der Waals surface area contributed by atoms with Gasteiger partial charge in [-0.25, -0.2) is 4.98 Å². The Morgan fingerprint density at radius 1 is 1.17 bits per heavy atom. The number of aromatic amines is 1. The summed E-state index contributed by atoms with van der Waals surface area (Å²) < 4.78 is 10.9. The van der Waals surface area contributed by atoms with Gasteiger partial charge in [-0.1, -0.05) is 35.0 Å². The van der Waals surface area contributed by atoms with Crippen LogP contribution in [0.5, 0.6) is 5.75 Å². The molecule has 0 amide bonds. The quantitative estimate of drug-likeness (QED) is 0.660. The summed E-state index contributed by atoms with van der Waals surface area (Å²) in [6, 6.07) is 9.42. The van der Waals surface area contributed by atoms with E-state index >= 15 is 0 Å². The van der Waals surface area contributed by atoms with Crippen LogP contribution in [0.25, 0.3) is 11.0 Å². The van der Waals surface area contributed by atoms with E-state index in [1.54, 1.807) is 11.8 Å². The summed E-state index contributed by atoms with van der Waals surface area (Å²) in [7, 11) is 0. The molecule has 0 aliphatic carbocycles. The van der Waals surface area contributed by atoms with E-state index < -0.39 is 0 Å². The van der Waals surface area contributed by atoms with Gasteiger partial charge in [-0.15, -0.1) is 0 Å². The second kappa shape index (κ2) is 6.24. The number of benzene rings is 2. The Kier molecular flexibility index (Phi) is 4.11. The lowest BCUT2D eigenvalue weighted by Crippen LogP contribution is -2.12. The molecular weight excluding hydrogens is 355 g/mol. The molecule has 2 aromatic carbocycles. The van der Waals surface area contributed by atoms with E-state index in [9.17, 15) is 0 Å². The van der Waals surface area contributed by atoms with Crippen LogP contribution in [0.15, 0.2) is 35.5 Å². The molecule has 0 saturated carbocycles. The van der Waals surface area contributed by atoms with Gasteiger partial charge in [0.25, 0.3) is 0 Å². The van der Waals surface area contributed by atoms with Crippen molar-refractivity contribution in [3.8, 4) is 5.75 Å². The van der Waals surface area contributed by atoms with Gasteiger partial charge in [0.2, 0.25) is 0 Å². The number of H-pyrrole nitrogens is 1.